The Hall–Kier alpha value is -2.01. The second kappa shape index (κ2) is 6.01. The van der Waals surface area contributed by atoms with Crippen molar-refractivity contribution in [3.8, 4) is 11.5 Å². The van der Waals surface area contributed by atoms with Gasteiger partial charge >= 0.3 is 0 Å². The van der Waals surface area contributed by atoms with Crippen LogP contribution in [0.3, 0.4) is 0 Å². The zero-order chi connectivity index (χ0) is 14.8. The molecule has 1 aliphatic heterocycles. The van der Waals surface area contributed by atoms with E-state index >= 15 is 0 Å². The van der Waals surface area contributed by atoms with Crippen LogP contribution in [0.4, 0.5) is 5.82 Å². The third-order valence-electron chi connectivity index (χ3n) is 4.29. The highest BCUT2D eigenvalue weighted by Crippen LogP contribution is 2.31. The Morgan fingerprint density at radius 3 is 2.91 bits per heavy atom. The van der Waals surface area contributed by atoms with E-state index in [0.717, 1.165) is 56.8 Å². The Morgan fingerprint density at radius 2 is 2.00 bits per heavy atom. The van der Waals surface area contributed by atoms with E-state index in [9.17, 15) is 0 Å². The summed E-state index contributed by atoms with van der Waals surface area (Å²) in [6.07, 6.45) is 8.50. The molecule has 0 N–H and O–H groups in total. The highest BCUT2D eigenvalue weighted by molar-refractivity contribution is 5.58. The molecule has 1 saturated heterocycles. The van der Waals surface area contributed by atoms with E-state index in [2.05, 4.69) is 4.98 Å². The largest absolute Gasteiger partial charge is 0.272 e. The molecule has 5 nitrogen and oxygen atoms in total. The minimum Gasteiger partial charge on any atom is -0.272 e. The molecule has 22 heavy (non-hydrogen) atoms. The molecule has 0 atom stereocenters. The molecule has 0 spiro atoms. The van der Waals surface area contributed by atoms with E-state index in [4.69, 9.17) is 14.8 Å². The summed E-state index contributed by atoms with van der Waals surface area (Å²) in [5.74, 6) is 1.68. The summed E-state index contributed by atoms with van der Waals surface area (Å²) in [5.41, 5.74) is 3.26. The number of aryl methyl sites for hydroxylation is 1. The molecule has 0 amide bonds. The third-order valence-corrected chi connectivity index (χ3v) is 4.29. The van der Waals surface area contributed by atoms with Crippen molar-refractivity contribution in [1.82, 2.24) is 15.0 Å². The molecule has 1 fully saturated rings. The topological polar surface area (TPSA) is 51.1 Å². The highest BCUT2D eigenvalue weighted by atomic mass is 16.7. The molecule has 4 rings (SSSR count). The van der Waals surface area contributed by atoms with E-state index in [1.165, 1.54) is 17.7 Å². The van der Waals surface area contributed by atoms with Gasteiger partial charge in [0.2, 0.25) is 0 Å². The second-order valence-corrected chi connectivity index (χ2v) is 5.86. The average Bonchev–Trinajstić information content (AvgIpc) is 2.88. The normalized spacial score (nSPS) is 18.1. The number of hydrogen-bond acceptors (Lipinski definition) is 5. The van der Waals surface area contributed by atoms with Gasteiger partial charge in [0.15, 0.2) is 11.6 Å². The molecule has 5 heteroatoms. The lowest BCUT2D eigenvalue weighted by atomic mass is 10.2. The van der Waals surface area contributed by atoms with Crippen LogP contribution in [0.25, 0.3) is 11.5 Å². The number of hydroxylamine groups is 1. The second-order valence-electron chi connectivity index (χ2n) is 5.86. The predicted molar refractivity (Wildman–Crippen MR) is 84.4 cm³/mol. The number of nitrogens with zero attached hydrogens (tertiary/aromatic N) is 4. The number of pyridine rings is 1. The Balaban J connectivity index is 1.78. The van der Waals surface area contributed by atoms with Crippen molar-refractivity contribution in [3.05, 3.63) is 35.7 Å². The Bertz CT molecular complexity index is 651. The molecule has 0 bridgehead atoms. The predicted octanol–water partition coefficient (Wildman–Crippen LogP) is 2.95. The molecule has 2 aromatic rings. The van der Waals surface area contributed by atoms with Crippen molar-refractivity contribution < 1.29 is 4.84 Å². The molecule has 114 valence electrons. The fraction of sp³-hybridized carbons (Fsp3) is 0.471. The molecule has 0 saturated carbocycles. The molecule has 0 aromatic carbocycles. The lowest BCUT2D eigenvalue weighted by Crippen LogP contribution is -2.26. The number of aromatic nitrogens is 3. The fourth-order valence-electron chi connectivity index (χ4n) is 3.17. The van der Waals surface area contributed by atoms with Gasteiger partial charge in [-0.1, -0.05) is 6.07 Å². The van der Waals surface area contributed by atoms with Crippen LogP contribution < -0.4 is 5.06 Å². The molecule has 0 unspecified atom stereocenters. The van der Waals surface area contributed by atoms with Crippen LogP contribution in [0.15, 0.2) is 24.4 Å². The maximum absolute atomic E-state index is 5.93. The summed E-state index contributed by atoms with van der Waals surface area (Å²) in [4.78, 5) is 19.9. The van der Waals surface area contributed by atoms with Gasteiger partial charge in [0.1, 0.15) is 5.69 Å². The van der Waals surface area contributed by atoms with E-state index in [1.54, 1.807) is 6.20 Å². The van der Waals surface area contributed by atoms with Crippen molar-refractivity contribution in [2.24, 2.45) is 0 Å². The van der Waals surface area contributed by atoms with Crippen LogP contribution in [0.2, 0.25) is 0 Å². The number of rotatable bonds is 2. The Kier molecular flexibility index (Phi) is 3.72. The quantitative estimate of drug-likeness (QED) is 0.853. The van der Waals surface area contributed by atoms with E-state index in [-0.39, 0.29) is 0 Å². The zero-order valence-electron chi connectivity index (χ0n) is 12.7. The molecule has 3 heterocycles. The standard InChI is InChI=1S/C17H20N4O/c1-4-11-21(22-12-5-1)17-13-7-6-9-14(13)19-16(20-17)15-8-2-3-10-18-15/h2-3,8,10H,1,4-7,9,11-12H2. The van der Waals surface area contributed by atoms with Crippen molar-refractivity contribution in [2.75, 3.05) is 18.2 Å². The summed E-state index contributed by atoms with van der Waals surface area (Å²) in [7, 11) is 0. The molecule has 2 aromatic heterocycles. The van der Waals surface area contributed by atoms with Crippen LogP contribution in [-0.2, 0) is 17.7 Å². The fourth-order valence-corrected chi connectivity index (χ4v) is 3.17. The monoisotopic (exact) mass is 296 g/mol. The van der Waals surface area contributed by atoms with Gasteiger partial charge in [-0.25, -0.2) is 15.0 Å². The summed E-state index contributed by atoms with van der Waals surface area (Å²) >= 11 is 0. The number of hydrogen-bond donors (Lipinski definition) is 0. The van der Waals surface area contributed by atoms with Crippen LogP contribution in [0, 0.1) is 0 Å². The van der Waals surface area contributed by atoms with Gasteiger partial charge in [-0.3, -0.25) is 9.82 Å². The number of anilines is 1. The summed E-state index contributed by atoms with van der Waals surface area (Å²) < 4.78 is 0. The van der Waals surface area contributed by atoms with Crippen LogP contribution in [0.5, 0.6) is 0 Å². The van der Waals surface area contributed by atoms with Gasteiger partial charge in [-0.05, 0) is 50.7 Å². The number of fused-ring (bicyclic) bond motifs is 1. The average molecular weight is 296 g/mol. The highest BCUT2D eigenvalue weighted by Gasteiger charge is 2.24. The van der Waals surface area contributed by atoms with Crippen molar-refractivity contribution in [1.29, 1.82) is 0 Å². The Labute approximate surface area is 130 Å². The van der Waals surface area contributed by atoms with E-state index in [0.29, 0.717) is 5.82 Å². The lowest BCUT2D eigenvalue weighted by Gasteiger charge is -2.23. The Morgan fingerprint density at radius 1 is 1.00 bits per heavy atom. The molecule has 1 aliphatic carbocycles. The minimum absolute atomic E-state index is 0.712. The zero-order valence-corrected chi connectivity index (χ0v) is 12.7. The molecule has 2 aliphatic rings. The van der Waals surface area contributed by atoms with E-state index in [1.807, 2.05) is 23.3 Å². The molecular formula is C17H20N4O. The maximum atomic E-state index is 5.93. The van der Waals surface area contributed by atoms with Crippen molar-refractivity contribution >= 4 is 5.82 Å². The first kappa shape index (κ1) is 13.6. The van der Waals surface area contributed by atoms with Crippen LogP contribution in [-0.4, -0.2) is 28.1 Å². The first-order valence-corrected chi connectivity index (χ1v) is 8.13. The SMILES string of the molecule is c1ccc(-c2nc3c(c(N4CCCCCO4)n2)CCC3)nc1. The molecule has 0 radical (unpaired) electrons. The summed E-state index contributed by atoms with van der Waals surface area (Å²) in [6.45, 7) is 1.68. The smallest absolute Gasteiger partial charge is 0.180 e. The van der Waals surface area contributed by atoms with Gasteiger partial charge in [0.05, 0.1) is 6.61 Å². The van der Waals surface area contributed by atoms with Crippen LogP contribution in [0.1, 0.15) is 36.9 Å². The van der Waals surface area contributed by atoms with Gasteiger partial charge in [0.25, 0.3) is 0 Å². The first-order valence-electron chi connectivity index (χ1n) is 8.13. The van der Waals surface area contributed by atoms with Gasteiger partial charge in [-0.15, -0.1) is 0 Å². The van der Waals surface area contributed by atoms with Crippen LogP contribution >= 0.6 is 0 Å². The van der Waals surface area contributed by atoms with Gasteiger partial charge in [0, 0.05) is 24.0 Å². The molecular weight excluding hydrogens is 276 g/mol. The lowest BCUT2D eigenvalue weighted by molar-refractivity contribution is 0.117. The van der Waals surface area contributed by atoms with Gasteiger partial charge < -0.3 is 0 Å². The maximum Gasteiger partial charge on any atom is 0.180 e. The summed E-state index contributed by atoms with van der Waals surface area (Å²) in [6, 6.07) is 5.85. The van der Waals surface area contributed by atoms with Crippen molar-refractivity contribution in [3.63, 3.8) is 0 Å². The van der Waals surface area contributed by atoms with Crippen molar-refractivity contribution in [2.45, 2.75) is 38.5 Å². The summed E-state index contributed by atoms with van der Waals surface area (Å²) in [5, 5.41) is 1.99. The minimum atomic E-state index is 0.712. The van der Waals surface area contributed by atoms with Gasteiger partial charge in [-0.2, -0.15) is 0 Å². The first-order chi connectivity index (χ1) is 10.9. The third kappa shape index (κ3) is 2.57. The van der Waals surface area contributed by atoms with E-state index < -0.39 is 0 Å².